The van der Waals surface area contributed by atoms with Crippen molar-refractivity contribution in [1.29, 1.82) is 0 Å². The van der Waals surface area contributed by atoms with Gasteiger partial charge in [-0.15, -0.1) is 0 Å². The predicted molar refractivity (Wildman–Crippen MR) is 299 cm³/mol. The van der Waals surface area contributed by atoms with Crippen LogP contribution in [0.1, 0.15) is 312 Å². The minimum atomic E-state index is -0.448. The number of rotatable bonds is 12. The molecule has 6 heteroatoms. The summed E-state index contributed by atoms with van der Waals surface area (Å²) in [5.41, 5.74) is 18.2. The highest BCUT2D eigenvalue weighted by atomic mass is 16.2. The Balaban J connectivity index is 1.17. The van der Waals surface area contributed by atoms with Gasteiger partial charge in [0.05, 0.1) is 19.6 Å². The van der Waals surface area contributed by atoms with E-state index in [4.69, 9.17) is 0 Å². The van der Waals surface area contributed by atoms with E-state index in [9.17, 15) is 0 Å². The molecule has 0 bridgehead atoms. The maximum absolute atomic E-state index is 15.8. The lowest BCUT2D eigenvalue weighted by molar-refractivity contribution is 0.431. The molecule has 6 fully saturated rings. The number of benzene rings is 3. The van der Waals surface area contributed by atoms with Gasteiger partial charge in [0.25, 0.3) is 0 Å². The zero-order valence-corrected chi connectivity index (χ0v) is 46.1. The number of nitrogens with zero attached hydrogens (tertiary/aromatic N) is 3. The second-order valence-electron chi connectivity index (χ2n) is 25.0. The Labute approximate surface area is 434 Å². The quantitative estimate of drug-likeness (QED) is 0.142. The standard InChI is InChI=1S/C66H93N3O3/c1-43-55(49-25-13-7-14-26-49)37-56(50-27-15-8-16-28-50)44(2)61(43)40-67-64(70)68(41-62-45(3)57(51-29-17-9-18-30-51)38-58(46(62)4)52-31-19-10-20-32-52)66(72)69(65(67)71)42-63-47(5)59(53-33-21-11-22-34-53)39-60(48(63)6)54-35-23-12-24-36-54/h37-39,49-54H,7-36,40-42H2,1-6H3. The van der Waals surface area contributed by atoms with Crippen LogP contribution < -0.4 is 17.1 Å². The molecule has 0 atom stereocenters. The van der Waals surface area contributed by atoms with Gasteiger partial charge in [0.15, 0.2) is 0 Å². The monoisotopic (exact) mass is 976 g/mol. The van der Waals surface area contributed by atoms with Crippen molar-refractivity contribution in [3.63, 3.8) is 0 Å². The van der Waals surface area contributed by atoms with Gasteiger partial charge in [-0.3, -0.25) is 0 Å². The average Bonchev–Trinajstić information content (AvgIpc) is 3.42. The van der Waals surface area contributed by atoms with E-state index in [1.54, 1.807) is 0 Å². The van der Waals surface area contributed by atoms with Crippen LogP contribution in [-0.4, -0.2) is 13.7 Å². The fraction of sp³-hybridized carbons (Fsp3) is 0.682. The first-order valence-electron chi connectivity index (χ1n) is 30.3. The van der Waals surface area contributed by atoms with Gasteiger partial charge in [-0.2, -0.15) is 0 Å². The normalized spacial score (nSPS) is 20.9. The Morgan fingerprint density at radius 3 is 0.583 bits per heavy atom. The molecule has 0 spiro atoms. The summed E-state index contributed by atoms with van der Waals surface area (Å²) in [6, 6.07) is 7.73. The van der Waals surface area contributed by atoms with E-state index in [-0.39, 0.29) is 19.6 Å². The summed E-state index contributed by atoms with van der Waals surface area (Å²) >= 11 is 0. The molecule has 6 nitrogen and oxygen atoms in total. The fourth-order valence-corrected chi connectivity index (χ4v) is 16.3. The summed E-state index contributed by atoms with van der Waals surface area (Å²) in [5.74, 6) is 3.02. The van der Waals surface area contributed by atoms with Crippen molar-refractivity contribution in [2.75, 3.05) is 0 Å². The van der Waals surface area contributed by atoms with Crippen LogP contribution in [0.4, 0.5) is 0 Å². The van der Waals surface area contributed by atoms with Crippen LogP contribution in [0.15, 0.2) is 32.6 Å². The number of hydrogen-bond donors (Lipinski definition) is 0. The molecular formula is C66H93N3O3. The largest absolute Gasteiger partial charge is 0.336 e. The number of hydrogen-bond acceptors (Lipinski definition) is 3. The molecule has 0 saturated heterocycles. The first-order chi connectivity index (χ1) is 35.0. The van der Waals surface area contributed by atoms with E-state index in [1.165, 1.54) is 273 Å². The Morgan fingerprint density at radius 1 is 0.278 bits per heavy atom. The van der Waals surface area contributed by atoms with E-state index < -0.39 is 17.1 Å². The molecule has 1 heterocycles. The Morgan fingerprint density at radius 2 is 0.431 bits per heavy atom. The molecule has 6 aliphatic rings. The van der Waals surface area contributed by atoms with Crippen molar-refractivity contribution >= 4 is 0 Å². The molecule has 4 aromatic rings. The zero-order chi connectivity index (χ0) is 50.0. The summed E-state index contributed by atoms with van der Waals surface area (Å²) in [6.07, 6.45) is 37.3. The first-order valence-corrected chi connectivity index (χ1v) is 30.3. The molecule has 0 amide bonds. The molecule has 0 radical (unpaired) electrons. The molecule has 390 valence electrons. The lowest BCUT2D eigenvalue weighted by atomic mass is 9.75. The van der Waals surface area contributed by atoms with Crippen LogP contribution in [0.25, 0.3) is 0 Å². The van der Waals surface area contributed by atoms with Crippen molar-refractivity contribution in [3.05, 3.63) is 133 Å². The highest BCUT2D eigenvalue weighted by Crippen LogP contribution is 2.45. The Hall–Kier alpha value is -3.93. The minimum absolute atomic E-state index is 0.191. The smallest absolute Gasteiger partial charge is 0.247 e. The van der Waals surface area contributed by atoms with Gasteiger partial charge in [-0.1, -0.05) is 134 Å². The van der Waals surface area contributed by atoms with Crippen LogP contribution in [0.3, 0.4) is 0 Å². The van der Waals surface area contributed by atoms with Gasteiger partial charge in [-0.05, 0) is 238 Å². The zero-order valence-electron chi connectivity index (χ0n) is 46.1. The van der Waals surface area contributed by atoms with Crippen molar-refractivity contribution in [2.24, 2.45) is 0 Å². The van der Waals surface area contributed by atoms with E-state index in [2.05, 4.69) is 59.7 Å². The van der Waals surface area contributed by atoms with Crippen molar-refractivity contribution in [1.82, 2.24) is 13.7 Å². The topological polar surface area (TPSA) is 66.0 Å². The highest BCUT2D eigenvalue weighted by molar-refractivity contribution is 5.51. The third-order valence-electron chi connectivity index (χ3n) is 20.9. The lowest BCUT2D eigenvalue weighted by Crippen LogP contribution is -2.55. The molecular weight excluding hydrogens is 883 g/mol. The van der Waals surface area contributed by atoms with E-state index >= 15 is 14.4 Å². The van der Waals surface area contributed by atoms with Gasteiger partial charge in [0.2, 0.25) is 0 Å². The van der Waals surface area contributed by atoms with Gasteiger partial charge in [0.1, 0.15) is 0 Å². The third kappa shape index (κ3) is 10.4. The first kappa shape index (κ1) is 51.6. The number of aromatic nitrogens is 3. The van der Waals surface area contributed by atoms with Crippen LogP contribution >= 0.6 is 0 Å². The van der Waals surface area contributed by atoms with E-state index in [0.717, 1.165) is 16.7 Å². The maximum Gasteiger partial charge on any atom is 0.336 e. The molecule has 6 saturated carbocycles. The summed E-state index contributed by atoms with van der Waals surface area (Å²) in [7, 11) is 0. The van der Waals surface area contributed by atoms with Gasteiger partial charge >= 0.3 is 17.1 Å². The molecule has 0 aliphatic heterocycles. The lowest BCUT2D eigenvalue weighted by Gasteiger charge is -2.31. The second-order valence-corrected chi connectivity index (χ2v) is 25.0. The molecule has 1 aromatic heterocycles. The maximum atomic E-state index is 15.8. The Bertz CT molecular complexity index is 2290. The second kappa shape index (κ2) is 22.9. The molecule has 3 aromatic carbocycles. The molecule has 6 aliphatic carbocycles. The van der Waals surface area contributed by atoms with Crippen LogP contribution in [0, 0.1) is 41.5 Å². The molecule has 0 N–H and O–H groups in total. The SMILES string of the molecule is Cc1c(C2CCCCC2)cc(C2CCCCC2)c(C)c1Cn1c(=O)n(Cc2c(C)c(C3CCCCC3)cc(C3CCCCC3)c2C)c(=O)n(Cc2c(C)c(C3CCCCC3)cc(C3CCCCC3)c2C)c1=O. The minimum Gasteiger partial charge on any atom is -0.247 e. The third-order valence-corrected chi connectivity index (χ3v) is 20.9. The molecule has 0 unspecified atom stereocenters. The van der Waals surface area contributed by atoms with Crippen molar-refractivity contribution in [3.8, 4) is 0 Å². The summed E-state index contributed by atoms with van der Waals surface area (Å²) in [5, 5.41) is 0. The van der Waals surface area contributed by atoms with Crippen LogP contribution in [0.2, 0.25) is 0 Å². The van der Waals surface area contributed by atoms with E-state index in [0.29, 0.717) is 35.5 Å². The summed E-state index contributed by atoms with van der Waals surface area (Å²) < 4.78 is 4.59. The predicted octanol–water partition coefficient (Wildman–Crippen LogP) is 16.5. The molecule has 72 heavy (non-hydrogen) atoms. The molecule has 10 rings (SSSR count). The van der Waals surface area contributed by atoms with Gasteiger partial charge in [0, 0.05) is 0 Å². The van der Waals surface area contributed by atoms with Crippen molar-refractivity contribution in [2.45, 2.75) is 289 Å². The fourth-order valence-electron chi connectivity index (χ4n) is 16.3. The van der Waals surface area contributed by atoms with Crippen LogP contribution in [0.5, 0.6) is 0 Å². The highest BCUT2D eigenvalue weighted by Gasteiger charge is 2.31. The van der Waals surface area contributed by atoms with Gasteiger partial charge < -0.3 is 0 Å². The van der Waals surface area contributed by atoms with Crippen molar-refractivity contribution < 1.29 is 0 Å². The van der Waals surface area contributed by atoms with Gasteiger partial charge in [-0.25, -0.2) is 28.1 Å². The van der Waals surface area contributed by atoms with E-state index in [1.807, 2.05) is 0 Å². The summed E-state index contributed by atoms with van der Waals surface area (Å²) in [4.78, 5) is 47.3. The Kier molecular flexibility index (Phi) is 16.4. The van der Waals surface area contributed by atoms with Crippen LogP contribution in [-0.2, 0) is 19.6 Å². The summed E-state index contributed by atoms with van der Waals surface area (Å²) in [6.45, 7) is 14.3. The average molecular weight is 976 g/mol.